The molecule has 0 radical (unpaired) electrons. The van der Waals surface area contributed by atoms with E-state index >= 15 is 0 Å². The molecule has 1 amide bonds. The van der Waals surface area contributed by atoms with Gasteiger partial charge in [0.2, 0.25) is 0 Å². The summed E-state index contributed by atoms with van der Waals surface area (Å²) in [6.45, 7) is 4.30. The molecule has 3 rings (SSSR count). The van der Waals surface area contributed by atoms with Crippen LogP contribution in [0.4, 0.5) is 0 Å². The summed E-state index contributed by atoms with van der Waals surface area (Å²) in [5, 5.41) is 0. The number of rotatable bonds is 3. The van der Waals surface area contributed by atoms with E-state index in [-0.39, 0.29) is 5.91 Å². The molecule has 3 heterocycles. The van der Waals surface area contributed by atoms with Crippen LogP contribution in [0.15, 0.2) is 22.9 Å². The Morgan fingerprint density at radius 1 is 1.14 bits per heavy atom. The summed E-state index contributed by atoms with van der Waals surface area (Å²) in [6, 6.07) is 2.24. The van der Waals surface area contributed by atoms with Crippen molar-refractivity contribution in [1.82, 2.24) is 14.8 Å². The van der Waals surface area contributed by atoms with Crippen LogP contribution in [0, 0.1) is 0 Å². The number of hydrogen-bond donors (Lipinski definition) is 0. The molecular formula is C17H24BrN3O. The first kappa shape index (κ1) is 15.9. The summed E-state index contributed by atoms with van der Waals surface area (Å²) in [5.41, 5.74) is 0.697. The molecule has 2 aliphatic rings. The molecule has 4 nitrogen and oxygen atoms in total. The van der Waals surface area contributed by atoms with Gasteiger partial charge >= 0.3 is 0 Å². The van der Waals surface area contributed by atoms with Gasteiger partial charge in [0.05, 0.1) is 5.56 Å². The maximum atomic E-state index is 12.9. The molecular weight excluding hydrogens is 342 g/mol. The minimum absolute atomic E-state index is 0.139. The van der Waals surface area contributed by atoms with Crippen molar-refractivity contribution < 1.29 is 4.79 Å². The van der Waals surface area contributed by atoms with Gasteiger partial charge < -0.3 is 9.80 Å². The van der Waals surface area contributed by atoms with Crippen LogP contribution in [0.1, 0.15) is 48.9 Å². The van der Waals surface area contributed by atoms with Crippen LogP contribution in [-0.4, -0.2) is 52.9 Å². The van der Waals surface area contributed by atoms with E-state index in [0.29, 0.717) is 11.6 Å². The molecule has 0 bridgehead atoms. The Labute approximate surface area is 141 Å². The SMILES string of the molecule is O=C(c1cncc(Br)c1)N1CCCCCC1CN1CCCC1. The van der Waals surface area contributed by atoms with Crippen molar-refractivity contribution in [2.45, 2.75) is 44.6 Å². The number of amides is 1. The molecule has 1 atom stereocenters. The lowest BCUT2D eigenvalue weighted by molar-refractivity contribution is 0.0642. The van der Waals surface area contributed by atoms with Crippen molar-refractivity contribution in [3.05, 3.63) is 28.5 Å². The Bertz CT molecular complexity index is 516. The molecule has 5 heteroatoms. The van der Waals surface area contributed by atoms with Crippen molar-refractivity contribution in [3.8, 4) is 0 Å². The zero-order valence-electron chi connectivity index (χ0n) is 13.0. The number of halogens is 1. The number of carbonyl (C=O) groups excluding carboxylic acids is 1. The predicted molar refractivity (Wildman–Crippen MR) is 90.9 cm³/mol. The third kappa shape index (κ3) is 3.87. The molecule has 1 unspecified atom stereocenters. The number of likely N-dealkylation sites (tertiary alicyclic amines) is 2. The minimum Gasteiger partial charge on any atom is -0.334 e. The number of aromatic nitrogens is 1. The van der Waals surface area contributed by atoms with E-state index in [1.54, 1.807) is 12.4 Å². The molecule has 0 spiro atoms. The van der Waals surface area contributed by atoms with E-state index in [2.05, 4.69) is 30.7 Å². The van der Waals surface area contributed by atoms with Crippen LogP contribution < -0.4 is 0 Å². The van der Waals surface area contributed by atoms with Crippen molar-refractivity contribution in [2.75, 3.05) is 26.2 Å². The normalized spacial score (nSPS) is 23.5. The fourth-order valence-electron chi connectivity index (χ4n) is 3.59. The Morgan fingerprint density at radius 2 is 1.91 bits per heavy atom. The number of hydrogen-bond acceptors (Lipinski definition) is 3. The van der Waals surface area contributed by atoms with Crippen molar-refractivity contribution >= 4 is 21.8 Å². The molecule has 120 valence electrons. The number of carbonyl (C=O) groups is 1. The molecule has 1 aromatic heterocycles. The minimum atomic E-state index is 0.139. The summed E-state index contributed by atoms with van der Waals surface area (Å²) >= 11 is 3.41. The van der Waals surface area contributed by atoms with E-state index in [1.807, 2.05) is 6.07 Å². The van der Waals surface area contributed by atoms with Crippen molar-refractivity contribution in [2.24, 2.45) is 0 Å². The highest BCUT2D eigenvalue weighted by molar-refractivity contribution is 9.10. The maximum absolute atomic E-state index is 12.9. The average molecular weight is 366 g/mol. The Kier molecular flexibility index (Phi) is 5.47. The van der Waals surface area contributed by atoms with E-state index in [9.17, 15) is 4.79 Å². The second-order valence-electron chi connectivity index (χ2n) is 6.40. The summed E-state index contributed by atoms with van der Waals surface area (Å²) in [5.74, 6) is 0.139. The van der Waals surface area contributed by atoms with E-state index in [0.717, 1.165) is 30.4 Å². The van der Waals surface area contributed by atoms with Crippen LogP contribution in [0.5, 0.6) is 0 Å². The lowest BCUT2D eigenvalue weighted by Crippen LogP contribution is -2.46. The second kappa shape index (κ2) is 7.55. The van der Waals surface area contributed by atoms with Gasteiger partial charge in [-0.2, -0.15) is 0 Å². The number of nitrogens with zero attached hydrogens (tertiary/aromatic N) is 3. The van der Waals surface area contributed by atoms with Crippen LogP contribution in [0.3, 0.4) is 0 Å². The quantitative estimate of drug-likeness (QED) is 0.824. The first-order valence-electron chi connectivity index (χ1n) is 8.38. The van der Waals surface area contributed by atoms with Gasteiger partial charge in [-0.1, -0.05) is 12.8 Å². The third-order valence-corrected chi connectivity index (χ3v) is 5.19. The second-order valence-corrected chi connectivity index (χ2v) is 7.32. The van der Waals surface area contributed by atoms with Gasteiger partial charge in [-0.25, -0.2) is 0 Å². The lowest BCUT2D eigenvalue weighted by atomic mass is 10.1. The Hall–Kier alpha value is -0.940. The van der Waals surface area contributed by atoms with Gasteiger partial charge in [0, 0.05) is 36.0 Å². The van der Waals surface area contributed by atoms with Gasteiger partial charge in [0.25, 0.3) is 5.91 Å². The fourth-order valence-corrected chi connectivity index (χ4v) is 3.96. The van der Waals surface area contributed by atoms with Crippen LogP contribution in [-0.2, 0) is 0 Å². The Morgan fingerprint density at radius 3 is 2.68 bits per heavy atom. The highest BCUT2D eigenvalue weighted by Crippen LogP contribution is 2.22. The standard InChI is InChI=1S/C17H24BrN3O/c18-15-10-14(11-19-12-15)17(22)21-9-3-1-2-6-16(21)13-20-7-4-5-8-20/h10-12,16H,1-9,13H2. The summed E-state index contributed by atoms with van der Waals surface area (Å²) in [4.78, 5) is 21.7. The maximum Gasteiger partial charge on any atom is 0.255 e. The molecule has 2 fully saturated rings. The zero-order chi connectivity index (χ0) is 15.4. The summed E-state index contributed by atoms with van der Waals surface area (Å²) < 4.78 is 0.865. The van der Waals surface area contributed by atoms with Crippen LogP contribution in [0.2, 0.25) is 0 Å². The fraction of sp³-hybridized carbons (Fsp3) is 0.647. The Balaban J connectivity index is 1.75. The molecule has 2 saturated heterocycles. The van der Waals surface area contributed by atoms with Gasteiger partial charge in [-0.15, -0.1) is 0 Å². The first-order valence-corrected chi connectivity index (χ1v) is 9.17. The lowest BCUT2D eigenvalue weighted by Gasteiger charge is -2.33. The molecule has 2 aliphatic heterocycles. The molecule has 1 aromatic rings. The van der Waals surface area contributed by atoms with Crippen LogP contribution in [0.25, 0.3) is 0 Å². The van der Waals surface area contributed by atoms with Crippen molar-refractivity contribution in [3.63, 3.8) is 0 Å². The topological polar surface area (TPSA) is 36.4 Å². The summed E-state index contributed by atoms with van der Waals surface area (Å²) in [6.07, 6.45) is 10.7. The first-order chi connectivity index (χ1) is 10.7. The smallest absolute Gasteiger partial charge is 0.255 e. The zero-order valence-corrected chi connectivity index (χ0v) is 14.6. The van der Waals surface area contributed by atoms with Gasteiger partial charge in [-0.05, 0) is 60.8 Å². The predicted octanol–water partition coefficient (Wildman–Crippen LogP) is 3.32. The molecule has 0 aliphatic carbocycles. The van der Waals surface area contributed by atoms with Crippen molar-refractivity contribution in [1.29, 1.82) is 0 Å². The van der Waals surface area contributed by atoms with E-state index in [4.69, 9.17) is 0 Å². The van der Waals surface area contributed by atoms with E-state index < -0.39 is 0 Å². The van der Waals surface area contributed by atoms with Crippen LogP contribution >= 0.6 is 15.9 Å². The largest absolute Gasteiger partial charge is 0.334 e. The molecule has 0 N–H and O–H groups in total. The molecule has 0 aromatic carbocycles. The summed E-state index contributed by atoms with van der Waals surface area (Å²) in [7, 11) is 0. The number of pyridine rings is 1. The monoisotopic (exact) mass is 365 g/mol. The average Bonchev–Trinajstić information content (AvgIpc) is 2.92. The highest BCUT2D eigenvalue weighted by Gasteiger charge is 2.28. The van der Waals surface area contributed by atoms with E-state index in [1.165, 1.54) is 38.8 Å². The van der Waals surface area contributed by atoms with Gasteiger partial charge in [-0.3, -0.25) is 9.78 Å². The highest BCUT2D eigenvalue weighted by atomic mass is 79.9. The molecule has 0 saturated carbocycles. The van der Waals surface area contributed by atoms with Gasteiger partial charge in [0.1, 0.15) is 0 Å². The van der Waals surface area contributed by atoms with Gasteiger partial charge in [0.15, 0.2) is 0 Å². The molecule has 22 heavy (non-hydrogen) atoms. The third-order valence-electron chi connectivity index (χ3n) is 4.76.